The second-order valence-electron chi connectivity index (χ2n) is 9.36. The van der Waals surface area contributed by atoms with Crippen LogP contribution in [0.5, 0.6) is 0 Å². The van der Waals surface area contributed by atoms with E-state index in [-0.39, 0.29) is 16.9 Å². The van der Waals surface area contributed by atoms with Gasteiger partial charge in [0, 0.05) is 24.5 Å². The van der Waals surface area contributed by atoms with Crippen molar-refractivity contribution in [1.82, 2.24) is 9.21 Å². The molecule has 7 heteroatoms. The Morgan fingerprint density at radius 3 is 2.12 bits per heavy atom. The summed E-state index contributed by atoms with van der Waals surface area (Å²) in [6.45, 7) is 17.0. The van der Waals surface area contributed by atoms with Crippen molar-refractivity contribution in [3.05, 3.63) is 0 Å². The van der Waals surface area contributed by atoms with E-state index in [0.29, 0.717) is 25.6 Å². The van der Waals surface area contributed by atoms with E-state index in [9.17, 15) is 14.5 Å². The molecule has 0 aromatic carbocycles. The first-order chi connectivity index (χ1) is 11.7. The molecule has 1 heterocycles. The molecule has 0 bridgehead atoms. The van der Waals surface area contributed by atoms with Gasteiger partial charge in [0.1, 0.15) is 10.3 Å². The molecule has 0 saturated carbocycles. The standard InChI is InChI=1S/C19H38N2O4S/c1-14(22)13-21(26(24)19(6,7)8)15(2)16-9-11-20(12-10-16)17(23)25-18(3,4)5/h14-16,22H,9-13H2,1-8H3/t14?,15?,26-/m0/s1. The minimum atomic E-state index is -1.19. The van der Waals surface area contributed by atoms with E-state index in [0.717, 1.165) is 12.8 Å². The third-order valence-electron chi connectivity index (χ3n) is 4.51. The van der Waals surface area contributed by atoms with Crippen LogP contribution in [0.1, 0.15) is 68.2 Å². The van der Waals surface area contributed by atoms with E-state index in [2.05, 4.69) is 6.92 Å². The zero-order chi connectivity index (χ0) is 20.3. The minimum absolute atomic E-state index is 0.0745. The first-order valence-electron chi connectivity index (χ1n) is 9.57. The van der Waals surface area contributed by atoms with Crippen molar-refractivity contribution in [3.8, 4) is 0 Å². The number of likely N-dealkylation sites (tertiary alicyclic amines) is 1. The molecule has 1 N–H and O–H groups in total. The summed E-state index contributed by atoms with van der Waals surface area (Å²) in [6.07, 6.45) is 0.893. The van der Waals surface area contributed by atoms with Gasteiger partial charge in [-0.3, -0.25) is 0 Å². The van der Waals surface area contributed by atoms with E-state index in [1.165, 1.54) is 0 Å². The number of aliphatic hydroxyl groups is 1. The predicted molar refractivity (Wildman–Crippen MR) is 106 cm³/mol. The number of ether oxygens (including phenoxy) is 1. The lowest BCUT2D eigenvalue weighted by atomic mass is 9.90. The molecule has 0 aromatic rings. The van der Waals surface area contributed by atoms with Gasteiger partial charge >= 0.3 is 6.09 Å². The molecule has 1 rings (SSSR count). The van der Waals surface area contributed by atoms with Crippen LogP contribution < -0.4 is 0 Å². The number of amides is 1. The molecule has 0 aromatic heterocycles. The van der Waals surface area contributed by atoms with Gasteiger partial charge in [-0.15, -0.1) is 4.31 Å². The summed E-state index contributed by atoms with van der Waals surface area (Å²) in [5.74, 6) is 0.332. The molecule has 0 radical (unpaired) electrons. The van der Waals surface area contributed by atoms with Crippen LogP contribution >= 0.6 is 0 Å². The van der Waals surface area contributed by atoms with E-state index >= 15 is 0 Å². The SMILES string of the molecule is CC(O)CN(C(C)C1CCN(C(=O)OC(C)(C)C)CC1)[S@@+]([O-])C(C)(C)C. The minimum Gasteiger partial charge on any atom is -0.597 e. The fraction of sp³-hybridized carbons (Fsp3) is 0.947. The number of aliphatic hydroxyl groups excluding tert-OH is 1. The number of piperidine rings is 1. The summed E-state index contributed by atoms with van der Waals surface area (Å²) >= 11 is -1.19. The van der Waals surface area contributed by atoms with Gasteiger partial charge in [0.2, 0.25) is 0 Å². The van der Waals surface area contributed by atoms with E-state index in [4.69, 9.17) is 4.74 Å². The second kappa shape index (κ2) is 9.13. The maximum atomic E-state index is 13.0. The molecule has 3 atom stereocenters. The first-order valence-corrected chi connectivity index (χ1v) is 10.7. The summed E-state index contributed by atoms with van der Waals surface area (Å²) in [4.78, 5) is 14.0. The van der Waals surface area contributed by atoms with Gasteiger partial charge in [-0.25, -0.2) is 4.79 Å². The van der Waals surface area contributed by atoms with Gasteiger partial charge in [0.25, 0.3) is 0 Å². The molecule has 0 spiro atoms. The molecule has 1 saturated heterocycles. The number of hydrogen-bond donors (Lipinski definition) is 1. The molecule has 154 valence electrons. The van der Waals surface area contributed by atoms with Crippen LogP contribution in [0.3, 0.4) is 0 Å². The summed E-state index contributed by atoms with van der Waals surface area (Å²) < 4.78 is 20.0. The maximum absolute atomic E-state index is 13.0. The monoisotopic (exact) mass is 390 g/mol. The quantitative estimate of drug-likeness (QED) is 0.730. The van der Waals surface area contributed by atoms with Gasteiger partial charge in [0.15, 0.2) is 0 Å². The molecule has 1 aliphatic heterocycles. The lowest BCUT2D eigenvalue weighted by molar-refractivity contribution is 0.0151. The number of carbonyl (C=O) groups excluding carboxylic acids is 1. The van der Waals surface area contributed by atoms with Crippen LogP contribution in [0.25, 0.3) is 0 Å². The largest absolute Gasteiger partial charge is 0.597 e. The van der Waals surface area contributed by atoms with Crippen LogP contribution in [0.2, 0.25) is 0 Å². The van der Waals surface area contributed by atoms with Crippen LogP contribution in [0.15, 0.2) is 0 Å². The first kappa shape index (κ1) is 23.5. The fourth-order valence-electron chi connectivity index (χ4n) is 3.12. The summed E-state index contributed by atoms with van der Waals surface area (Å²) in [7, 11) is 0. The van der Waals surface area contributed by atoms with Crippen molar-refractivity contribution >= 4 is 17.5 Å². The number of hydrogen-bond acceptors (Lipinski definition) is 5. The van der Waals surface area contributed by atoms with Gasteiger partial charge < -0.3 is 19.3 Å². The van der Waals surface area contributed by atoms with Crippen molar-refractivity contribution in [2.24, 2.45) is 5.92 Å². The lowest BCUT2D eigenvalue weighted by Crippen LogP contribution is -2.53. The number of nitrogens with zero attached hydrogens (tertiary/aromatic N) is 2. The Kier molecular flexibility index (Phi) is 8.26. The van der Waals surface area contributed by atoms with Crippen molar-refractivity contribution in [2.45, 2.75) is 90.7 Å². The molecule has 1 aliphatic rings. The number of carbonyl (C=O) groups is 1. The molecular formula is C19H38N2O4S. The Hall–Kier alpha value is -0.500. The fourth-order valence-corrected chi connectivity index (χ4v) is 4.65. The molecular weight excluding hydrogens is 352 g/mol. The van der Waals surface area contributed by atoms with Crippen molar-refractivity contribution in [3.63, 3.8) is 0 Å². The Bertz CT molecular complexity index is 451. The molecule has 0 aliphatic carbocycles. The normalized spacial score (nSPS) is 20.8. The highest BCUT2D eigenvalue weighted by atomic mass is 32.2. The average Bonchev–Trinajstić information content (AvgIpc) is 2.48. The highest BCUT2D eigenvalue weighted by molar-refractivity contribution is 7.90. The Labute approximate surface area is 162 Å². The van der Waals surface area contributed by atoms with Crippen molar-refractivity contribution in [2.75, 3.05) is 19.6 Å². The predicted octanol–water partition coefficient (Wildman–Crippen LogP) is 3.17. The van der Waals surface area contributed by atoms with Crippen molar-refractivity contribution < 1.29 is 19.2 Å². The van der Waals surface area contributed by atoms with E-state index in [1.807, 2.05) is 45.8 Å². The summed E-state index contributed by atoms with van der Waals surface area (Å²) in [6, 6.07) is 0.0745. The topological polar surface area (TPSA) is 76.1 Å². The number of rotatable bonds is 5. The maximum Gasteiger partial charge on any atom is 0.410 e. The van der Waals surface area contributed by atoms with Crippen LogP contribution in [0, 0.1) is 5.92 Å². The Balaban J connectivity index is 2.72. The highest BCUT2D eigenvalue weighted by Crippen LogP contribution is 2.30. The lowest BCUT2D eigenvalue weighted by Gasteiger charge is -2.42. The molecule has 1 fully saturated rings. The Morgan fingerprint density at radius 1 is 1.23 bits per heavy atom. The van der Waals surface area contributed by atoms with Crippen LogP contribution in [0.4, 0.5) is 4.79 Å². The second-order valence-corrected chi connectivity index (χ2v) is 11.5. The van der Waals surface area contributed by atoms with Crippen LogP contribution in [-0.2, 0) is 16.1 Å². The van der Waals surface area contributed by atoms with Crippen molar-refractivity contribution in [1.29, 1.82) is 0 Å². The third-order valence-corrected chi connectivity index (χ3v) is 6.46. The van der Waals surface area contributed by atoms with Gasteiger partial charge in [-0.2, -0.15) is 0 Å². The Morgan fingerprint density at radius 2 is 1.73 bits per heavy atom. The van der Waals surface area contributed by atoms with Gasteiger partial charge in [-0.05, 0) is 74.1 Å². The van der Waals surface area contributed by atoms with E-state index < -0.39 is 23.1 Å². The molecule has 1 amide bonds. The summed E-state index contributed by atoms with van der Waals surface area (Å²) in [5, 5.41) is 9.86. The highest BCUT2D eigenvalue weighted by Gasteiger charge is 2.40. The van der Waals surface area contributed by atoms with E-state index in [1.54, 1.807) is 11.8 Å². The summed E-state index contributed by atoms with van der Waals surface area (Å²) in [5.41, 5.74) is -0.487. The van der Waals surface area contributed by atoms with Crippen LogP contribution in [-0.4, -0.2) is 67.1 Å². The molecule has 2 unspecified atom stereocenters. The van der Waals surface area contributed by atoms with Gasteiger partial charge in [0.05, 0.1) is 18.7 Å². The zero-order valence-electron chi connectivity index (χ0n) is 17.7. The molecule has 6 nitrogen and oxygen atoms in total. The molecule has 26 heavy (non-hydrogen) atoms. The average molecular weight is 391 g/mol. The zero-order valence-corrected chi connectivity index (χ0v) is 18.6. The van der Waals surface area contributed by atoms with Gasteiger partial charge in [-0.1, -0.05) is 0 Å². The smallest absolute Gasteiger partial charge is 0.410 e. The third kappa shape index (κ3) is 7.25.